The zero-order valence-electron chi connectivity index (χ0n) is 13.7. The molecule has 5 nitrogen and oxygen atoms in total. The van der Waals surface area contributed by atoms with Gasteiger partial charge >= 0.3 is 0 Å². The summed E-state index contributed by atoms with van der Waals surface area (Å²) in [6.45, 7) is 5.67. The van der Waals surface area contributed by atoms with E-state index in [2.05, 4.69) is 11.6 Å². The number of aromatic nitrogens is 1. The first-order chi connectivity index (χ1) is 11.9. The molecule has 3 aromatic rings. The minimum absolute atomic E-state index is 0.0123. The van der Waals surface area contributed by atoms with Crippen molar-refractivity contribution in [3.05, 3.63) is 73.1 Å². The first-order valence-corrected chi connectivity index (χ1v) is 9.27. The van der Waals surface area contributed by atoms with Gasteiger partial charge < -0.3 is 4.42 Å². The first-order valence-electron chi connectivity index (χ1n) is 7.72. The van der Waals surface area contributed by atoms with Gasteiger partial charge in [-0.15, -0.1) is 6.58 Å². The Kier molecular flexibility index (Phi) is 4.57. The van der Waals surface area contributed by atoms with Crippen molar-refractivity contribution < 1.29 is 12.8 Å². The maximum atomic E-state index is 12.0. The monoisotopic (exact) mass is 354 g/mol. The summed E-state index contributed by atoms with van der Waals surface area (Å²) in [5, 5.41) is 5.37. The molecule has 0 aliphatic heterocycles. The second-order valence-electron chi connectivity index (χ2n) is 5.66. The van der Waals surface area contributed by atoms with Crippen LogP contribution in [0.15, 0.2) is 76.6 Å². The van der Waals surface area contributed by atoms with Crippen molar-refractivity contribution in [3.8, 4) is 22.6 Å². The van der Waals surface area contributed by atoms with E-state index in [4.69, 9.17) is 9.56 Å². The summed E-state index contributed by atoms with van der Waals surface area (Å²) in [5.41, 5.74) is 1.66. The summed E-state index contributed by atoms with van der Waals surface area (Å²) in [5.74, 6) is 0.853. The van der Waals surface area contributed by atoms with Gasteiger partial charge in [-0.3, -0.25) is 0 Å². The first kappa shape index (κ1) is 17.1. The standard InChI is InChI=1S/C19H18N2O3S/c1-3-13(2)19-21-17(18(24-19)14-9-5-4-6-10-14)15-11-7-8-12-16(15)25(20,22)23/h3-13H,1H2,2H3,(H2,20,22,23). The van der Waals surface area contributed by atoms with Gasteiger partial charge in [-0.25, -0.2) is 18.5 Å². The van der Waals surface area contributed by atoms with Crippen LogP contribution in [0.4, 0.5) is 0 Å². The van der Waals surface area contributed by atoms with Gasteiger partial charge in [-0.05, 0) is 6.07 Å². The Morgan fingerprint density at radius 3 is 2.40 bits per heavy atom. The molecule has 2 aromatic carbocycles. The molecule has 6 heteroatoms. The highest BCUT2D eigenvalue weighted by Crippen LogP contribution is 2.37. The Balaban J connectivity index is 2.30. The van der Waals surface area contributed by atoms with E-state index in [9.17, 15) is 8.42 Å². The minimum atomic E-state index is -3.90. The Hall–Kier alpha value is -2.70. The van der Waals surface area contributed by atoms with Crippen LogP contribution in [0.5, 0.6) is 0 Å². The van der Waals surface area contributed by atoms with Crippen LogP contribution in [0.2, 0.25) is 0 Å². The molecule has 2 N–H and O–H groups in total. The van der Waals surface area contributed by atoms with Crippen molar-refractivity contribution in [2.75, 3.05) is 0 Å². The van der Waals surface area contributed by atoms with E-state index < -0.39 is 10.0 Å². The van der Waals surface area contributed by atoms with Gasteiger partial charge in [0.15, 0.2) is 5.76 Å². The zero-order chi connectivity index (χ0) is 18.0. The predicted molar refractivity (Wildman–Crippen MR) is 97.4 cm³/mol. The van der Waals surface area contributed by atoms with E-state index in [0.717, 1.165) is 5.56 Å². The van der Waals surface area contributed by atoms with Crippen molar-refractivity contribution in [2.24, 2.45) is 5.14 Å². The lowest BCUT2D eigenvalue weighted by Gasteiger charge is -2.06. The molecule has 1 atom stereocenters. The van der Waals surface area contributed by atoms with Crippen LogP contribution in [-0.2, 0) is 10.0 Å². The second-order valence-corrected chi connectivity index (χ2v) is 7.19. The fourth-order valence-corrected chi connectivity index (χ4v) is 3.25. The Bertz CT molecular complexity index is 1010. The molecule has 0 fully saturated rings. The quantitative estimate of drug-likeness (QED) is 0.703. The highest BCUT2D eigenvalue weighted by atomic mass is 32.2. The van der Waals surface area contributed by atoms with Crippen molar-refractivity contribution >= 4 is 10.0 Å². The lowest BCUT2D eigenvalue weighted by molar-refractivity contribution is 0.495. The third-order valence-corrected chi connectivity index (χ3v) is 4.84. The Labute approximate surface area is 146 Å². The molecule has 3 rings (SSSR count). The topological polar surface area (TPSA) is 86.2 Å². The van der Waals surface area contributed by atoms with Crippen LogP contribution in [0.3, 0.4) is 0 Å². The van der Waals surface area contributed by atoms with Crippen molar-refractivity contribution in [2.45, 2.75) is 17.7 Å². The molecule has 1 heterocycles. The van der Waals surface area contributed by atoms with Gasteiger partial charge in [0.25, 0.3) is 0 Å². The highest BCUT2D eigenvalue weighted by molar-refractivity contribution is 7.89. The number of nitrogens with two attached hydrogens (primary N) is 1. The molecular formula is C19H18N2O3S. The second kappa shape index (κ2) is 6.66. The molecule has 1 unspecified atom stereocenters. The van der Waals surface area contributed by atoms with Gasteiger partial charge in [0.2, 0.25) is 15.9 Å². The number of sulfonamides is 1. The summed E-state index contributed by atoms with van der Waals surface area (Å²) >= 11 is 0. The molecule has 0 bridgehead atoms. The molecule has 128 valence electrons. The number of hydrogen-bond acceptors (Lipinski definition) is 4. The van der Waals surface area contributed by atoms with Crippen LogP contribution in [0, 0.1) is 0 Å². The summed E-state index contributed by atoms with van der Waals surface area (Å²) in [6, 6.07) is 15.9. The zero-order valence-corrected chi connectivity index (χ0v) is 14.5. The largest absolute Gasteiger partial charge is 0.439 e. The van der Waals surface area contributed by atoms with Gasteiger partial charge in [-0.2, -0.15) is 0 Å². The Morgan fingerprint density at radius 2 is 1.76 bits per heavy atom. The number of oxazole rings is 1. The molecular weight excluding hydrogens is 336 g/mol. The van der Waals surface area contributed by atoms with Gasteiger partial charge in [-0.1, -0.05) is 61.5 Å². The summed E-state index contributed by atoms with van der Waals surface area (Å²) in [6.07, 6.45) is 1.72. The normalized spacial score (nSPS) is 12.7. The number of allylic oxidation sites excluding steroid dienone is 1. The van der Waals surface area contributed by atoms with Crippen LogP contribution in [-0.4, -0.2) is 13.4 Å². The molecule has 0 radical (unpaired) electrons. The van der Waals surface area contributed by atoms with E-state index >= 15 is 0 Å². The highest BCUT2D eigenvalue weighted by Gasteiger charge is 2.23. The molecule has 1 aromatic heterocycles. The van der Waals surface area contributed by atoms with Crippen molar-refractivity contribution in [1.82, 2.24) is 4.98 Å². The molecule has 0 spiro atoms. The van der Waals surface area contributed by atoms with Gasteiger partial charge in [0.1, 0.15) is 5.69 Å². The fraction of sp³-hybridized carbons (Fsp3) is 0.105. The number of rotatable bonds is 5. The minimum Gasteiger partial charge on any atom is -0.439 e. The molecule has 0 aliphatic rings. The third kappa shape index (κ3) is 3.40. The van der Waals surface area contributed by atoms with Gasteiger partial charge in [0, 0.05) is 11.1 Å². The number of benzene rings is 2. The number of nitrogens with zero attached hydrogens (tertiary/aromatic N) is 1. The van der Waals surface area contributed by atoms with Crippen LogP contribution in [0.1, 0.15) is 18.7 Å². The summed E-state index contributed by atoms with van der Waals surface area (Å²) < 4.78 is 29.9. The predicted octanol–water partition coefficient (Wildman–Crippen LogP) is 3.95. The summed E-state index contributed by atoms with van der Waals surface area (Å²) in [7, 11) is -3.90. The van der Waals surface area contributed by atoms with E-state index in [1.165, 1.54) is 6.07 Å². The van der Waals surface area contributed by atoms with E-state index in [-0.39, 0.29) is 10.8 Å². The van der Waals surface area contributed by atoms with E-state index in [1.807, 2.05) is 37.3 Å². The van der Waals surface area contributed by atoms with E-state index in [0.29, 0.717) is 22.9 Å². The van der Waals surface area contributed by atoms with Crippen LogP contribution >= 0.6 is 0 Å². The lowest BCUT2D eigenvalue weighted by Crippen LogP contribution is -2.13. The van der Waals surface area contributed by atoms with Crippen molar-refractivity contribution in [1.29, 1.82) is 0 Å². The van der Waals surface area contributed by atoms with Gasteiger partial charge in [0.05, 0.1) is 10.8 Å². The molecule has 0 amide bonds. The maximum absolute atomic E-state index is 12.0. The van der Waals surface area contributed by atoms with Crippen LogP contribution < -0.4 is 5.14 Å². The fourth-order valence-electron chi connectivity index (χ4n) is 2.51. The number of primary sulfonamides is 1. The third-order valence-electron chi connectivity index (χ3n) is 3.87. The molecule has 0 saturated heterocycles. The van der Waals surface area contributed by atoms with Crippen LogP contribution in [0.25, 0.3) is 22.6 Å². The molecule has 0 saturated carbocycles. The lowest BCUT2D eigenvalue weighted by atomic mass is 10.1. The summed E-state index contributed by atoms with van der Waals surface area (Å²) in [4.78, 5) is 4.56. The van der Waals surface area contributed by atoms with E-state index in [1.54, 1.807) is 24.3 Å². The Morgan fingerprint density at radius 1 is 1.12 bits per heavy atom. The molecule has 25 heavy (non-hydrogen) atoms. The van der Waals surface area contributed by atoms with Crippen molar-refractivity contribution in [3.63, 3.8) is 0 Å². The molecule has 0 aliphatic carbocycles. The smallest absolute Gasteiger partial charge is 0.238 e. The number of hydrogen-bond donors (Lipinski definition) is 1. The average molecular weight is 354 g/mol. The maximum Gasteiger partial charge on any atom is 0.238 e. The average Bonchev–Trinajstić information content (AvgIpc) is 3.06. The SMILES string of the molecule is C=CC(C)c1nc(-c2ccccc2S(N)(=O)=O)c(-c2ccccc2)o1.